The van der Waals surface area contributed by atoms with Crippen LogP contribution >= 0.6 is 0 Å². The van der Waals surface area contributed by atoms with E-state index in [4.69, 9.17) is 4.74 Å². The molecule has 2 fully saturated rings. The van der Waals surface area contributed by atoms with Crippen LogP contribution in [-0.2, 0) is 20.9 Å². The van der Waals surface area contributed by atoms with Gasteiger partial charge in [-0.1, -0.05) is 24.3 Å². The third-order valence-corrected chi connectivity index (χ3v) is 5.09. The number of nitrogens with one attached hydrogen (secondary N) is 1. The Hall–Kier alpha value is -1.92. The van der Waals surface area contributed by atoms with Crippen LogP contribution in [0.1, 0.15) is 17.5 Å². The number of hydrogen-bond donors (Lipinski definition) is 1. The zero-order valence-corrected chi connectivity index (χ0v) is 14.9. The summed E-state index contributed by atoms with van der Waals surface area (Å²) < 4.78 is 5.34. The Morgan fingerprint density at radius 2 is 2.00 bits per heavy atom. The highest BCUT2D eigenvalue weighted by molar-refractivity contribution is 5.89. The van der Waals surface area contributed by atoms with Crippen molar-refractivity contribution in [3.8, 4) is 0 Å². The van der Waals surface area contributed by atoms with Gasteiger partial charge in [0, 0.05) is 45.7 Å². The molecule has 136 valence electrons. The van der Waals surface area contributed by atoms with Crippen molar-refractivity contribution in [1.82, 2.24) is 15.1 Å². The zero-order valence-electron chi connectivity index (χ0n) is 14.9. The van der Waals surface area contributed by atoms with Gasteiger partial charge in [0.1, 0.15) is 0 Å². The zero-order chi connectivity index (χ0) is 17.6. The molecule has 2 amide bonds. The lowest BCUT2D eigenvalue weighted by atomic mass is 10.1. The summed E-state index contributed by atoms with van der Waals surface area (Å²) in [5, 5.41) is 2.98. The van der Waals surface area contributed by atoms with Crippen LogP contribution in [0.4, 0.5) is 0 Å². The van der Waals surface area contributed by atoms with Gasteiger partial charge in [0.2, 0.25) is 11.8 Å². The summed E-state index contributed by atoms with van der Waals surface area (Å²) in [4.78, 5) is 28.7. The van der Waals surface area contributed by atoms with Crippen molar-refractivity contribution in [3.05, 3.63) is 35.4 Å². The molecule has 6 heteroatoms. The quantitative estimate of drug-likeness (QED) is 0.828. The number of aryl methyl sites for hydroxylation is 1. The Morgan fingerprint density at radius 1 is 1.24 bits per heavy atom. The average Bonchev–Trinajstić information content (AvgIpc) is 3.01. The van der Waals surface area contributed by atoms with E-state index in [2.05, 4.69) is 10.2 Å². The van der Waals surface area contributed by atoms with Crippen LogP contribution in [0.5, 0.6) is 0 Å². The van der Waals surface area contributed by atoms with Gasteiger partial charge in [-0.05, 0) is 18.1 Å². The Kier molecular flexibility index (Phi) is 6.04. The fourth-order valence-electron chi connectivity index (χ4n) is 3.39. The number of amides is 2. The van der Waals surface area contributed by atoms with Crippen LogP contribution in [0.3, 0.4) is 0 Å². The molecule has 1 N–H and O–H groups in total. The van der Waals surface area contributed by atoms with Gasteiger partial charge in [0.25, 0.3) is 0 Å². The molecule has 1 aromatic rings. The first-order chi connectivity index (χ1) is 12.1. The topological polar surface area (TPSA) is 61.9 Å². The number of carbonyl (C=O) groups excluding carboxylic acids is 2. The molecule has 2 saturated heterocycles. The molecule has 2 aliphatic heterocycles. The summed E-state index contributed by atoms with van der Waals surface area (Å²) >= 11 is 0. The fourth-order valence-corrected chi connectivity index (χ4v) is 3.39. The molecule has 6 nitrogen and oxygen atoms in total. The van der Waals surface area contributed by atoms with Gasteiger partial charge in [-0.25, -0.2) is 0 Å². The summed E-state index contributed by atoms with van der Waals surface area (Å²) in [6.07, 6.45) is 0.322. The average molecular weight is 345 g/mol. The molecule has 0 bridgehead atoms. The smallest absolute Gasteiger partial charge is 0.225 e. The van der Waals surface area contributed by atoms with E-state index in [9.17, 15) is 9.59 Å². The third kappa shape index (κ3) is 4.80. The summed E-state index contributed by atoms with van der Waals surface area (Å²) in [7, 11) is 0. The second-order valence-corrected chi connectivity index (χ2v) is 6.84. The van der Waals surface area contributed by atoms with Crippen LogP contribution in [0, 0.1) is 12.8 Å². The van der Waals surface area contributed by atoms with Gasteiger partial charge in [-0.3, -0.25) is 14.5 Å². The summed E-state index contributed by atoms with van der Waals surface area (Å²) in [6.45, 7) is 7.99. The van der Waals surface area contributed by atoms with E-state index in [1.165, 1.54) is 0 Å². The predicted octanol–water partition coefficient (Wildman–Crippen LogP) is 0.792. The first-order valence-electron chi connectivity index (χ1n) is 9.03. The molecule has 0 spiro atoms. The van der Waals surface area contributed by atoms with Gasteiger partial charge < -0.3 is 15.0 Å². The lowest BCUT2D eigenvalue weighted by molar-refractivity contribution is -0.129. The highest BCUT2D eigenvalue weighted by atomic mass is 16.5. The standard InChI is InChI=1S/C19H27N3O3/c1-15-4-2-3-5-16(15)13-20-19(24)17-12-18(23)22(14-17)7-6-21-8-10-25-11-9-21/h2-5,17H,6-14H2,1H3,(H,20,24). The van der Waals surface area contributed by atoms with Crippen LogP contribution in [-0.4, -0.2) is 67.6 Å². The van der Waals surface area contributed by atoms with Crippen LogP contribution in [0.25, 0.3) is 0 Å². The van der Waals surface area contributed by atoms with Crippen molar-refractivity contribution >= 4 is 11.8 Å². The summed E-state index contributed by atoms with van der Waals surface area (Å²) in [6, 6.07) is 8.02. The minimum Gasteiger partial charge on any atom is -0.379 e. The Bertz CT molecular complexity index is 614. The van der Waals surface area contributed by atoms with Crippen molar-refractivity contribution < 1.29 is 14.3 Å². The first-order valence-corrected chi connectivity index (χ1v) is 9.03. The Labute approximate surface area is 149 Å². The van der Waals surface area contributed by atoms with E-state index in [-0.39, 0.29) is 17.7 Å². The molecule has 2 aliphatic rings. The lowest BCUT2D eigenvalue weighted by Crippen LogP contribution is -2.42. The third-order valence-electron chi connectivity index (χ3n) is 5.09. The van der Waals surface area contributed by atoms with Crippen LogP contribution in [0.15, 0.2) is 24.3 Å². The largest absolute Gasteiger partial charge is 0.379 e. The van der Waals surface area contributed by atoms with Gasteiger partial charge in [0.05, 0.1) is 19.1 Å². The molecule has 0 saturated carbocycles. The fraction of sp³-hybridized carbons (Fsp3) is 0.579. The first kappa shape index (κ1) is 17.9. The molecule has 3 rings (SSSR count). The molecule has 25 heavy (non-hydrogen) atoms. The minimum atomic E-state index is -0.235. The number of morpholine rings is 1. The highest BCUT2D eigenvalue weighted by Crippen LogP contribution is 2.18. The number of carbonyl (C=O) groups is 2. The van der Waals surface area contributed by atoms with Gasteiger partial charge in [-0.15, -0.1) is 0 Å². The molecule has 0 aliphatic carbocycles. The molecule has 1 atom stereocenters. The van der Waals surface area contributed by atoms with Crippen molar-refractivity contribution in [3.63, 3.8) is 0 Å². The van der Waals surface area contributed by atoms with E-state index >= 15 is 0 Å². The van der Waals surface area contributed by atoms with E-state index < -0.39 is 0 Å². The normalized spacial score (nSPS) is 21.6. The highest BCUT2D eigenvalue weighted by Gasteiger charge is 2.34. The molecule has 0 radical (unpaired) electrons. The van der Waals surface area contributed by atoms with Crippen molar-refractivity contribution in [1.29, 1.82) is 0 Å². The van der Waals surface area contributed by atoms with E-state index in [1.807, 2.05) is 36.1 Å². The lowest BCUT2D eigenvalue weighted by Gasteiger charge is -2.28. The molecule has 0 aromatic heterocycles. The molecule has 1 aromatic carbocycles. The predicted molar refractivity (Wildman–Crippen MR) is 95.0 cm³/mol. The summed E-state index contributed by atoms with van der Waals surface area (Å²) in [5.74, 6) is -0.170. The summed E-state index contributed by atoms with van der Waals surface area (Å²) in [5.41, 5.74) is 2.28. The Morgan fingerprint density at radius 3 is 2.76 bits per heavy atom. The van der Waals surface area contributed by atoms with E-state index in [0.29, 0.717) is 26.1 Å². The Balaban J connectivity index is 1.44. The number of ether oxygens (including phenoxy) is 1. The molecule has 2 heterocycles. The van der Waals surface area contributed by atoms with Crippen LogP contribution < -0.4 is 5.32 Å². The second kappa shape index (κ2) is 8.45. The molecular weight excluding hydrogens is 318 g/mol. The number of benzene rings is 1. The van der Waals surface area contributed by atoms with Crippen molar-refractivity contribution in [2.75, 3.05) is 45.9 Å². The maximum Gasteiger partial charge on any atom is 0.225 e. The van der Waals surface area contributed by atoms with Crippen LogP contribution in [0.2, 0.25) is 0 Å². The molecule has 1 unspecified atom stereocenters. The van der Waals surface area contributed by atoms with Crippen molar-refractivity contribution in [2.24, 2.45) is 5.92 Å². The van der Waals surface area contributed by atoms with Crippen molar-refractivity contribution in [2.45, 2.75) is 19.9 Å². The minimum absolute atomic E-state index is 0.0227. The number of rotatable bonds is 6. The van der Waals surface area contributed by atoms with E-state index in [1.54, 1.807) is 0 Å². The van der Waals surface area contributed by atoms with Gasteiger partial charge in [0.15, 0.2) is 0 Å². The second-order valence-electron chi connectivity index (χ2n) is 6.84. The number of nitrogens with zero attached hydrogens (tertiary/aromatic N) is 2. The SMILES string of the molecule is Cc1ccccc1CNC(=O)C1CC(=O)N(CCN2CCOCC2)C1. The number of hydrogen-bond acceptors (Lipinski definition) is 4. The maximum atomic E-state index is 12.4. The van der Waals surface area contributed by atoms with Gasteiger partial charge in [-0.2, -0.15) is 0 Å². The number of likely N-dealkylation sites (tertiary alicyclic amines) is 1. The maximum absolute atomic E-state index is 12.4. The molecular formula is C19H27N3O3. The monoisotopic (exact) mass is 345 g/mol. The van der Waals surface area contributed by atoms with Gasteiger partial charge >= 0.3 is 0 Å². The van der Waals surface area contributed by atoms with E-state index in [0.717, 1.165) is 44.0 Å².